The van der Waals surface area contributed by atoms with Gasteiger partial charge in [0.05, 0.1) is 12.0 Å². The number of nitrogens with zero attached hydrogens (tertiary/aromatic N) is 3. The third kappa shape index (κ3) is 5.69. The van der Waals surface area contributed by atoms with Crippen LogP contribution in [0.3, 0.4) is 0 Å². The molecule has 0 unspecified atom stereocenters. The van der Waals surface area contributed by atoms with Crippen molar-refractivity contribution in [3.63, 3.8) is 0 Å². The molecule has 2 aromatic heterocycles. The van der Waals surface area contributed by atoms with E-state index in [2.05, 4.69) is 15.3 Å². The number of anilines is 2. The highest BCUT2D eigenvalue weighted by molar-refractivity contribution is 7.95. The Bertz CT molecular complexity index is 1320. The van der Waals surface area contributed by atoms with Crippen LogP contribution in [-0.2, 0) is 21.6 Å². The molecule has 1 fully saturated rings. The minimum atomic E-state index is -4.05. The first-order valence-electron chi connectivity index (χ1n) is 9.73. The molecule has 15 heteroatoms. The molecule has 0 bridgehead atoms. The predicted octanol–water partition coefficient (Wildman–Crippen LogP) is 4.58. The maximum atomic E-state index is 14.2. The van der Waals surface area contributed by atoms with Gasteiger partial charge < -0.3 is 9.73 Å². The van der Waals surface area contributed by atoms with Gasteiger partial charge in [-0.3, -0.25) is 0 Å². The van der Waals surface area contributed by atoms with E-state index in [0.717, 1.165) is 11.1 Å². The second kappa shape index (κ2) is 10.8. The minimum absolute atomic E-state index is 0.00179. The molecule has 0 radical (unpaired) electrons. The van der Waals surface area contributed by atoms with Crippen molar-refractivity contribution in [2.45, 2.75) is 28.8 Å². The Morgan fingerprint density at radius 2 is 1.85 bits per heavy atom. The quantitative estimate of drug-likeness (QED) is 0.452. The third-order valence-electron chi connectivity index (χ3n) is 5.28. The van der Waals surface area contributed by atoms with Crippen LogP contribution in [0.1, 0.15) is 29.9 Å². The first-order valence-corrected chi connectivity index (χ1v) is 13.0. The summed E-state index contributed by atoms with van der Waals surface area (Å²) in [6.45, 7) is 2.22. The monoisotopic (exact) mass is 570 g/mol. The van der Waals surface area contributed by atoms with E-state index in [1.807, 2.05) is 0 Å². The average molecular weight is 572 g/mol. The van der Waals surface area contributed by atoms with Crippen molar-refractivity contribution in [2.75, 3.05) is 18.4 Å². The number of aryl methyl sites for hydroxylation is 1. The van der Waals surface area contributed by atoms with Crippen LogP contribution in [0.15, 0.2) is 35.2 Å². The van der Waals surface area contributed by atoms with E-state index in [0.29, 0.717) is 29.8 Å². The highest BCUT2D eigenvalue weighted by Crippen LogP contribution is 2.40. The highest BCUT2D eigenvalue weighted by Gasteiger charge is 2.44. The number of fused-ring (bicyclic) bond motifs is 1. The van der Waals surface area contributed by atoms with Crippen LogP contribution < -0.4 is 5.32 Å². The number of furan rings is 1. The SMILES string of the molecule is Cc1ccc(Nc2ncnc3c(C4CCN(S(=O)(=O)C(Cl)(Cl)Cl)CC4)coc23)c(F)c1.O=S=O. The minimum Gasteiger partial charge on any atom is -0.458 e. The molecule has 0 aliphatic carbocycles. The van der Waals surface area contributed by atoms with Gasteiger partial charge in [0.2, 0.25) is 0 Å². The van der Waals surface area contributed by atoms with E-state index < -0.39 is 30.5 Å². The van der Waals surface area contributed by atoms with Gasteiger partial charge in [-0.2, -0.15) is 12.7 Å². The van der Waals surface area contributed by atoms with Crippen molar-refractivity contribution >= 4 is 79.0 Å². The van der Waals surface area contributed by atoms with Crippen LogP contribution in [-0.4, -0.2) is 47.3 Å². The normalized spacial score (nSPS) is 15.6. The number of rotatable bonds is 4. The zero-order valence-electron chi connectivity index (χ0n) is 17.5. The van der Waals surface area contributed by atoms with E-state index in [1.54, 1.807) is 25.3 Å². The summed E-state index contributed by atoms with van der Waals surface area (Å²) in [7, 11) is -4.05. The smallest absolute Gasteiger partial charge is 0.335 e. The number of nitrogens with one attached hydrogen (secondary N) is 1. The van der Waals surface area contributed by atoms with Crippen LogP contribution in [0.4, 0.5) is 15.9 Å². The summed E-state index contributed by atoms with van der Waals surface area (Å²) in [6, 6.07) is 4.84. The lowest BCUT2D eigenvalue weighted by atomic mass is 9.91. The van der Waals surface area contributed by atoms with Crippen LogP contribution in [0.25, 0.3) is 11.1 Å². The van der Waals surface area contributed by atoms with Gasteiger partial charge in [0.15, 0.2) is 11.4 Å². The molecule has 1 saturated heterocycles. The number of hydrogen-bond donors (Lipinski definition) is 1. The molecule has 1 N–H and O–H groups in total. The summed E-state index contributed by atoms with van der Waals surface area (Å²) in [5, 5.41) is 2.95. The van der Waals surface area contributed by atoms with Crippen molar-refractivity contribution in [1.29, 1.82) is 0 Å². The summed E-state index contributed by atoms with van der Waals surface area (Å²) in [4.78, 5) is 8.51. The fraction of sp³-hybridized carbons (Fsp3) is 0.368. The van der Waals surface area contributed by atoms with Gasteiger partial charge in [-0.1, -0.05) is 40.9 Å². The van der Waals surface area contributed by atoms with Gasteiger partial charge >= 0.3 is 14.7 Å². The molecular weight excluding hydrogens is 554 g/mol. The number of sulfonamides is 1. The van der Waals surface area contributed by atoms with Crippen LogP contribution in [0.2, 0.25) is 0 Å². The second-order valence-electron chi connectivity index (χ2n) is 7.39. The second-order valence-corrected chi connectivity index (χ2v) is 12.6. The summed E-state index contributed by atoms with van der Waals surface area (Å²) in [5.41, 5.74) is 2.89. The van der Waals surface area contributed by atoms with E-state index in [9.17, 15) is 12.8 Å². The number of hydrogen-bond acceptors (Lipinski definition) is 8. The lowest BCUT2D eigenvalue weighted by Crippen LogP contribution is -2.43. The van der Waals surface area contributed by atoms with Gasteiger partial charge in [0.1, 0.15) is 17.7 Å². The number of halogens is 4. The van der Waals surface area contributed by atoms with Crippen molar-refractivity contribution in [2.24, 2.45) is 0 Å². The maximum absolute atomic E-state index is 14.2. The Kier molecular flexibility index (Phi) is 8.53. The van der Waals surface area contributed by atoms with Gasteiger partial charge in [-0.25, -0.2) is 22.8 Å². The molecule has 1 aliphatic heterocycles. The van der Waals surface area contributed by atoms with Gasteiger partial charge in [-0.05, 0) is 43.4 Å². The van der Waals surface area contributed by atoms with Crippen LogP contribution in [0, 0.1) is 12.7 Å². The van der Waals surface area contributed by atoms with Gasteiger partial charge in [-0.15, -0.1) is 0 Å². The molecule has 184 valence electrons. The highest BCUT2D eigenvalue weighted by atomic mass is 35.6. The molecule has 0 atom stereocenters. The zero-order valence-corrected chi connectivity index (χ0v) is 21.4. The number of benzene rings is 1. The Hall–Kier alpha value is -1.83. The first-order chi connectivity index (χ1) is 16.0. The average Bonchev–Trinajstić information content (AvgIpc) is 3.21. The molecule has 1 aromatic carbocycles. The Morgan fingerprint density at radius 1 is 1.21 bits per heavy atom. The molecule has 0 amide bonds. The fourth-order valence-electron chi connectivity index (χ4n) is 3.65. The summed E-state index contributed by atoms with van der Waals surface area (Å²) in [5.74, 6) is -0.0572. The van der Waals surface area contributed by atoms with Crippen molar-refractivity contribution < 1.29 is 25.6 Å². The van der Waals surface area contributed by atoms with E-state index >= 15 is 0 Å². The van der Waals surface area contributed by atoms with Crippen molar-refractivity contribution in [1.82, 2.24) is 14.3 Å². The topological polar surface area (TPSA) is 122 Å². The predicted molar refractivity (Wildman–Crippen MR) is 128 cm³/mol. The standard InChI is InChI=1S/C19H18Cl3FN4O3S.O2S/c1-11-2-3-15(14(23)8-11)26-18-17-16(24-10-25-18)13(9-30-17)12-4-6-27(7-5-12)31(28,29)19(20,21)22;1-3-2/h2-3,8-10,12H,4-7H2,1H3,(H,24,25,26);. The molecule has 0 saturated carbocycles. The number of alkyl halides is 3. The molecule has 1 aliphatic rings. The molecule has 34 heavy (non-hydrogen) atoms. The Morgan fingerprint density at radius 3 is 2.44 bits per heavy atom. The molecule has 3 heterocycles. The molecule has 3 aromatic rings. The molecule has 0 spiro atoms. The number of aromatic nitrogens is 2. The maximum Gasteiger partial charge on any atom is 0.335 e. The lowest BCUT2D eigenvalue weighted by molar-refractivity contribution is 0.319. The lowest BCUT2D eigenvalue weighted by Gasteiger charge is -2.32. The first kappa shape index (κ1) is 26.8. The fourth-order valence-corrected chi connectivity index (χ4v) is 5.51. The largest absolute Gasteiger partial charge is 0.458 e. The van der Waals surface area contributed by atoms with Crippen molar-refractivity contribution in [3.05, 3.63) is 47.7 Å². The summed E-state index contributed by atoms with van der Waals surface area (Å²) in [6.07, 6.45) is 3.97. The van der Waals surface area contributed by atoms with E-state index in [4.69, 9.17) is 47.6 Å². The summed E-state index contributed by atoms with van der Waals surface area (Å²) < 4.78 is 60.0. The van der Waals surface area contributed by atoms with Crippen molar-refractivity contribution in [3.8, 4) is 0 Å². The zero-order chi connectivity index (χ0) is 25.1. The van der Waals surface area contributed by atoms with E-state index in [1.165, 1.54) is 16.7 Å². The Balaban J connectivity index is 0.00000103. The third-order valence-corrected chi connectivity index (χ3v) is 8.67. The van der Waals surface area contributed by atoms with Gasteiger partial charge in [0, 0.05) is 18.7 Å². The Labute approximate surface area is 213 Å². The molecule has 4 rings (SSSR count). The number of piperidine rings is 1. The van der Waals surface area contributed by atoms with Crippen LogP contribution >= 0.6 is 34.8 Å². The van der Waals surface area contributed by atoms with Crippen LogP contribution in [0.5, 0.6) is 0 Å². The van der Waals surface area contributed by atoms with E-state index in [-0.39, 0.29) is 24.7 Å². The molecular formula is C19H18Cl3FN4O5S2. The summed E-state index contributed by atoms with van der Waals surface area (Å²) >= 11 is 16.1. The molecule has 9 nitrogen and oxygen atoms in total. The van der Waals surface area contributed by atoms with Gasteiger partial charge in [0.25, 0.3) is 10.0 Å².